The third-order valence-corrected chi connectivity index (χ3v) is 5.19. The SMILES string of the molecule is CCOC(OCC)[C@H](C)NN(C(=O)OCc1csnn1)C(C=O)Cc1ccc(OC(C)(C)C)cc1. The number of hydrogen-bond acceptors (Lipinski definition) is 10. The molecule has 1 heterocycles. The standard InChI is InChI=1S/C24H36N4O6S/c1-7-31-22(32-8-2)17(3)26-28(23(30)33-15-19-16-35-27-25-19)20(14-29)13-18-9-11-21(12-10-18)34-24(4,5)6/h9-12,14,16-17,20,22,26H,7-8,13,15H2,1-6H3/t17-,20?/m0/s1. The van der Waals surface area contributed by atoms with Gasteiger partial charge in [0.15, 0.2) is 6.29 Å². The number of rotatable bonds is 14. The molecule has 1 amide bonds. The van der Waals surface area contributed by atoms with Gasteiger partial charge in [-0.15, -0.1) is 5.10 Å². The minimum absolute atomic E-state index is 0.0628. The second-order valence-electron chi connectivity index (χ2n) is 8.78. The van der Waals surface area contributed by atoms with Gasteiger partial charge in [0.05, 0.1) is 6.04 Å². The van der Waals surface area contributed by atoms with Gasteiger partial charge in [-0.25, -0.2) is 15.2 Å². The van der Waals surface area contributed by atoms with E-state index in [-0.39, 0.29) is 18.6 Å². The maximum Gasteiger partial charge on any atom is 0.425 e. The molecule has 1 aromatic heterocycles. The number of nitrogens with zero attached hydrogens (tertiary/aromatic N) is 3. The number of carbonyl (C=O) groups is 2. The number of nitrogens with one attached hydrogen (secondary N) is 1. The van der Waals surface area contributed by atoms with Crippen molar-refractivity contribution in [3.63, 3.8) is 0 Å². The Hall–Kier alpha value is -2.60. The van der Waals surface area contributed by atoms with Gasteiger partial charge in [-0.05, 0) is 70.8 Å². The van der Waals surface area contributed by atoms with Gasteiger partial charge in [0.25, 0.3) is 0 Å². The van der Waals surface area contributed by atoms with Crippen LogP contribution in [0.3, 0.4) is 0 Å². The summed E-state index contributed by atoms with van der Waals surface area (Å²) >= 11 is 1.16. The van der Waals surface area contributed by atoms with Gasteiger partial charge in [0.1, 0.15) is 36.0 Å². The van der Waals surface area contributed by atoms with Crippen LogP contribution in [-0.4, -0.2) is 64.2 Å². The maximum absolute atomic E-state index is 13.0. The molecule has 2 atom stereocenters. The lowest BCUT2D eigenvalue weighted by molar-refractivity contribution is -0.160. The van der Waals surface area contributed by atoms with E-state index < -0.39 is 24.5 Å². The number of aromatic nitrogens is 2. The molecule has 10 nitrogen and oxygen atoms in total. The van der Waals surface area contributed by atoms with Gasteiger partial charge < -0.3 is 23.7 Å². The minimum atomic E-state index is -0.850. The van der Waals surface area contributed by atoms with Crippen LogP contribution in [-0.2, 0) is 32.0 Å². The Labute approximate surface area is 211 Å². The van der Waals surface area contributed by atoms with Crippen LogP contribution in [0.5, 0.6) is 5.75 Å². The van der Waals surface area contributed by atoms with Crippen LogP contribution in [0.25, 0.3) is 0 Å². The summed E-state index contributed by atoms with van der Waals surface area (Å²) < 4.78 is 26.3. The Kier molecular flexibility index (Phi) is 11.5. The zero-order valence-corrected chi connectivity index (χ0v) is 22.0. The van der Waals surface area contributed by atoms with E-state index >= 15 is 0 Å². The summed E-state index contributed by atoms with van der Waals surface area (Å²) in [7, 11) is 0. The van der Waals surface area contributed by atoms with Crippen molar-refractivity contribution in [2.45, 2.75) is 78.5 Å². The molecule has 0 saturated carbocycles. The van der Waals surface area contributed by atoms with Gasteiger partial charge in [-0.3, -0.25) is 0 Å². The minimum Gasteiger partial charge on any atom is -0.488 e. The van der Waals surface area contributed by atoms with Crippen LogP contribution < -0.4 is 10.2 Å². The van der Waals surface area contributed by atoms with Crippen LogP contribution in [0.4, 0.5) is 4.79 Å². The molecule has 194 valence electrons. The van der Waals surface area contributed by atoms with Crippen molar-refractivity contribution < 1.29 is 28.5 Å². The highest BCUT2D eigenvalue weighted by atomic mass is 32.1. The van der Waals surface area contributed by atoms with Gasteiger partial charge in [-0.1, -0.05) is 16.6 Å². The molecule has 0 saturated heterocycles. The number of hydrazine groups is 1. The molecule has 1 aromatic carbocycles. The molecule has 0 radical (unpaired) electrons. The van der Waals surface area contributed by atoms with E-state index in [1.165, 1.54) is 5.01 Å². The average molecular weight is 509 g/mol. The van der Waals surface area contributed by atoms with Crippen molar-refractivity contribution in [2.75, 3.05) is 13.2 Å². The van der Waals surface area contributed by atoms with Crippen molar-refractivity contribution in [1.29, 1.82) is 0 Å². The zero-order chi connectivity index (χ0) is 25.8. The average Bonchev–Trinajstić information content (AvgIpc) is 3.33. The summed E-state index contributed by atoms with van der Waals surface area (Å²) in [6, 6.07) is 6.13. The molecule has 0 spiro atoms. The fourth-order valence-electron chi connectivity index (χ4n) is 3.17. The summed E-state index contributed by atoms with van der Waals surface area (Å²) in [4.78, 5) is 25.2. The van der Waals surface area contributed by atoms with Gasteiger partial charge in [0.2, 0.25) is 0 Å². The fraction of sp³-hybridized carbons (Fsp3) is 0.583. The number of benzene rings is 1. The second kappa shape index (κ2) is 14.1. The molecule has 0 aliphatic carbocycles. The zero-order valence-electron chi connectivity index (χ0n) is 21.2. The lowest BCUT2D eigenvalue weighted by atomic mass is 10.1. The van der Waals surface area contributed by atoms with Gasteiger partial charge in [-0.2, -0.15) is 0 Å². The molecule has 0 aliphatic rings. The topological polar surface area (TPSA) is 112 Å². The fourth-order valence-corrected chi connectivity index (χ4v) is 3.61. The molecule has 2 rings (SSSR count). The predicted molar refractivity (Wildman–Crippen MR) is 132 cm³/mol. The molecule has 1 unspecified atom stereocenters. The van der Waals surface area contributed by atoms with Crippen molar-refractivity contribution in [2.24, 2.45) is 0 Å². The summed E-state index contributed by atoms with van der Waals surface area (Å²) in [5, 5.41) is 6.75. The van der Waals surface area contributed by atoms with Crippen molar-refractivity contribution >= 4 is 23.9 Å². The smallest absolute Gasteiger partial charge is 0.425 e. The van der Waals surface area contributed by atoms with E-state index in [0.717, 1.165) is 22.8 Å². The molecule has 11 heteroatoms. The third kappa shape index (κ3) is 9.88. The summed E-state index contributed by atoms with van der Waals surface area (Å²) in [5.74, 6) is 0.722. The number of ether oxygens (including phenoxy) is 4. The van der Waals surface area contributed by atoms with Crippen LogP contribution in [0, 0.1) is 0 Å². The molecular formula is C24H36N4O6S. The highest BCUT2D eigenvalue weighted by Gasteiger charge is 2.30. The summed E-state index contributed by atoms with van der Waals surface area (Å²) in [5.41, 5.74) is 4.10. The highest BCUT2D eigenvalue weighted by Crippen LogP contribution is 2.20. The summed E-state index contributed by atoms with van der Waals surface area (Å²) in [6.07, 6.45) is -0.368. The molecule has 0 fully saturated rings. The van der Waals surface area contributed by atoms with E-state index in [9.17, 15) is 9.59 Å². The molecule has 0 aliphatic heterocycles. The second-order valence-corrected chi connectivity index (χ2v) is 9.39. The Morgan fingerprint density at radius 1 is 1.17 bits per heavy atom. The quantitative estimate of drug-likeness (QED) is 0.232. The Morgan fingerprint density at radius 3 is 2.34 bits per heavy atom. The monoisotopic (exact) mass is 508 g/mol. The first-order valence-corrected chi connectivity index (χ1v) is 12.4. The normalized spacial score (nSPS) is 13.3. The van der Waals surface area contributed by atoms with E-state index in [0.29, 0.717) is 25.2 Å². The lowest BCUT2D eigenvalue weighted by Gasteiger charge is -2.33. The Morgan fingerprint density at radius 2 is 1.83 bits per heavy atom. The predicted octanol–water partition coefficient (Wildman–Crippen LogP) is 3.76. The van der Waals surface area contributed by atoms with Gasteiger partial charge in [0, 0.05) is 25.0 Å². The van der Waals surface area contributed by atoms with E-state index in [4.69, 9.17) is 18.9 Å². The molecule has 35 heavy (non-hydrogen) atoms. The maximum atomic E-state index is 13.0. The van der Waals surface area contributed by atoms with E-state index in [1.54, 1.807) is 12.3 Å². The van der Waals surface area contributed by atoms with Crippen LogP contribution in [0.2, 0.25) is 0 Å². The number of amides is 1. The number of carbonyl (C=O) groups excluding carboxylic acids is 2. The number of hydrogen-bond donors (Lipinski definition) is 1. The lowest BCUT2D eigenvalue weighted by Crippen LogP contribution is -2.57. The molecule has 1 N–H and O–H groups in total. The van der Waals surface area contributed by atoms with E-state index in [1.807, 2.05) is 58.9 Å². The summed E-state index contributed by atoms with van der Waals surface area (Å²) in [6.45, 7) is 12.2. The van der Waals surface area contributed by atoms with Crippen LogP contribution >= 0.6 is 11.5 Å². The molecule has 2 aromatic rings. The first kappa shape index (κ1) is 28.6. The number of aldehydes is 1. The Bertz CT molecular complexity index is 882. The van der Waals surface area contributed by atoms with Crippen molar-refractivity contribution in [1.82, 2.24) is 20.0 Å². The van der Waals surface area contributed by atoms with Crippen LogP contribution in [0.1, 0.15) is 52.8 Å². The van der Waals surface area contributed by atoms with Crippen LogP contribution in [0.15, 0.2) is 29.6 Å². The van der Waals surface area contributed by atoms with Crippen molar-refractivity contribution in [3.8, 4) is 5.75 Å². The van der Waals surface area contributed by atoms with Gasteiger partial charge >= 0.3 is 6.09 Å². The first-order valence-electron chi connectivity index (χ1n) is 11.6. The largest absolute Gasteiger partial charge is 0.488 e. The van der Waals surface area contributed by atoms with Crippen molar-refractivity contribution in [3.05, 3.63) is 40.9 Å². The Balaban J connectivity index is 2.19. The first-order chi connectivity index (χ1) is 16.7. The highest BCUT2D eigenvalue weighted by molar-refractivity contribution is 7.03. The molecular weight excluding hydrogens is 472 g/mol. The van der Waals surface area contributed by atoms with E-state index in [2.05, 4.69) is 15.0 Å². The third-order valence-electron chi connectivity index (χ3n) is 4.64. The molecule has 0 bridgehead atoms.